The summed E-state index contributed by atoms with van der Waals surface area (Å²) in [5.74, 6) is 0. The molecule has 0 aliphatic carbocycles. The van der Waals surface area contributed by atoms with Crippen molar-refractivity contribution in [1.82, 2.24) is 4.90 Å². The highest BCUT2D eigenvalue weighted by Gasteiger charge is 2.15. The van der Waals surface area contributed by atoms with Crippen LogP contribution in [0.1, 0.15) is 11.1 Å². The Kier molecular flexibility index (Phi) is 5.10. The second-order valence-electron chi connectivity index (χ2n) is 5.42. The van der Waals surface area contributed by atoms with E-state index in [-0.39, 0.29) is 0 Å². The molecule has 1 heterocycles. The minimum atomic E-state index is 0.757. The van der Waals surface area contributed by atoms with Gasteiger partial charge in [0.05, 0.1) is 18.9 Å². The Bertz CT molecular complexity index is 706. The minimum absolute atomic E-state index is 0.757. The van der Waals surface area contributed by atoms with Crippen LogP contribution in [0.4, 0.5) is 0 Å². The SMILES string of the molecule is C=CC(=C=C(c1ccccc1)N1CCOCC1)c1ccccc1. The van der Waals surface area contributed by atoms with Crippen LogP contribution in [0.15, 0.2) is 79.0 Å². The molecule has 0 N–H and O–H groups in total. The van der Waals surface area contributed by atoms with Gasteiger partial charge in [0.25, 0.3) is 0 Å². The van der Waals surface area contributed by atoms with E-state index in [9.17, 15) is 0 Å². The molecular formula is C21H21NO. The quantitative estimate of drug-likeness (QED) is 0.619. The predicted molar refractivity (Wildman–Crippen MR) is 95.8 cm³/mol. The summed E-state index contributed by atoms with van der Waals surface area (Å²) in [5, 5.41) is 0. The van der Waals surface area contributed by atoms with Gasteiger partial charge in [-0.25, -0.2) is 0 Å². The lowest BCUT2D eigenvalue weighted by Crippen LogP contribution is -2.34. The number of nitrogens with zero attached hydrogens (tertiary/aromatic N) is 1. The molecule has 1 fully saturated rings. The summed E-state index contributed by atoms with van der Waals surface area (Å²) in [4.78, 5) is 2.34. The van der Waals surface area contributed by atoms with Crippen molar-refractivity contribution >= 4 is 11.3 Å². The third kappa shape index (κ3) is 3.81. The minimum Gasteiger partial charge on any atom is -0.378 e. The van der Waals surface area contributed by atoms with Crippen molar-refractivity contribution in [3.63, 3.8) is 0 Å². The zero-order valence-corrected chi connectivity index (χ0v) is 13.2. The van der Waals surface area contributed by atoms with E-state index < -0.39 is 0 Å². The molecule has 116 valence electrons. The molecule has 1 aliphatic rings. The van der Waals surface area contributed by atoms with Crippen LogP contribution in [0, 0.1) is 0 Å². The summed E-state index contributed by atoms with van der Waals surface area (Å²) in [7, 11) is 0. The molecule has 23 heavy (non-hydrogen) atoms. The number of morpholine rings is 1. The molecule has 0 aromatic heterocycles. The molecule has 1 saturated heterocycles. The molecule has 0 saturated carbocycles. The lowest BCUT2D eigenvalue weighted by molar-refractivity contribution is 0.0640. The van der Waals surface area contributed by atoms with Gasteiger partial charge in [-0.15, -0.1) is 0 Å². The highest BCUT2D eigenvalue weighted by atomic mass is 16.5. The Morgan fingerprint density at radius 3 is 2.04 bits per heavy atom. The van der Waals surface area contributed by atoms with Gasteiger partial charge in [-0.3, -0.25) is 0 Å². The highest BCUT2D eigenvalue weighted by molar-refractivity contribution is 5.79. The van der Waals surface area contributed by atoms with Crippen molar-refractivity contribution in [2.75, 3.05) is 26.3 Å². The molecule has 0 spiro atoms. The van der Waals surface area contributed by atoms with E-state index in [1.807, 2.05) is 30.3 Å². The molecule has 0 bridgehead atoms. The van der Waals surface area contributed by atoms with E-state index in [0.29, 0.717) is 0 Å². The summed E-state index contributed by atoms with van der Waals surface area (Å²) in [5.41, 5.74) is 8.01. The lowest BCUT2D eigenvalue weighted by Gasteiger charge is -2.30. The maximum atomic E-state index is 5.49. The van der Waals surface area contributed by atoms with Gasteiger partial charge >= 0.3 is 0 Å². The van der Waals surface area contributed by atoms with Crippen molar-refractivity contribution in [2.24, 2.45) is 0 Å². The molecule has 0 atom stereocenters. The van der Waals surface area contributed by atoms with Crippen molar-refractivity contribution in [3.8, 4) is 0 Å². The zero-order chi connectivity index (χ0) is 15.9. The van der Waals surface area contributed by atoms with Crippen LogP contribution < -0.4 is 0 Å². The predicted octanol–water partition coefficient (Wildman–Crippen LogP) is 4.23. The van der Waals surface area contributed by atoms with Crippen LogP contribution in [0.5, 0.6) is 0 Å². The van der Waals surface area contributed by atoms with Gasteiger partial charge < -0.3 is 9.64 Å². The van der Waals surface area contributed by atoms with Crippen LogP contribution in [0.25, 0.3) is 11.3 Å². The first-order valence-corrected chi connectivity index (χ1v) is 7.95. The normalized spacial score (nSPS) is 14.0. The van der Waals surface area contributed by atoms with Crippen molar-refractivity contribution in [3.05, 3.63) is 90.2 Å². The molecular weight excluding hydrogens is 282 g/mol. The standard InChI is InChI=1S/C21H21NO/c1-2-18(19-9-5-3-6-10-19)17-21(20-11-7-4-8-12-20)22-13-15-23-16-14-22/h2-12H,1,13-16H2. The molecule has 3 rings (SSSR count). The fraction of sp³-hybridized carbons (Fsp3) is 0.190. The van der Waals surface area contributed by atoms with Crippen LogP contribution >= 0.6 is 0 Å². The number of rotatable bonds is 4. The molecule has 2 nitrogen and oxygen atoms in total. The third-order valence-corrected chi connectivity index (χ3v) is 3.92. The summed E-state index contributed by atoms with van der Waals surface area (Å²) in [6.45, 7) is 7.26. The molecule has 1 aliphatic heterocycles. The van der Waals surface area contributed by atoms with E-state index in [1.165, 1.54) is 5.56 Å². The molecule has 0 amide bonds. The number of ether oxygens (including phenoxy) is 1. The Balaban J connectivity index is 2.12. The van der Waals surface area contributed by atoms with Gasteiger partial charge in [0.2, 0.25) is 0 Å². The van der Waals surface area contributed by atoms with Crippen molar-refractivity contribution < 1.29 is 4.74 Å². The highest BCUT2D eigenvalue weighted by Crippen LogP contribution is 2.23. The Hall–Kier alpha value is -2.54. The number of benzene rings is 2. The first-order chi connectivity index (χ1) is 11.4. The zero-order valence-electron chi connectivity index (χ0n) is 13.2. The Labute approximate surface area is 138 Å². The monoisotopic (exact) mass is 303 g/mol. The van der Waals surface area contributed by atoms with Gasteiger partial charge in [0.1, 0.15) is 0 Å². The van der Waals surface area contributed by atoms with Gasteiger partial charge in [-0.1, -0.05) is 79.0 Å². The molecule has 2 heteroatoms. The van der Waals surface area contributed by atoms with Gasteiger partial charge in [0.15, 0.2) is 0 Å². The lowest BCUT2D eigenvalue weighted by atomic mass is 10.0. The van der Waals surface area contributed by atoms with E-state index in [2.05, 4.69) is 53.6 Å². The van der Waals surface area contributed by atoms with Gasteiger partial charge in [-0.2, -0.15) is 0 Å². The number of hydrogen-bond acceptors (Lipinski definition) is 2. The first-order valence-electron chi connectivity index (χ1n) is 7.95. The van der Waals surface area contributed by atoms with Gasteiger partial charge in [0, 0.05) is 24.2 Å². The van der Waals surface area contributed by atoms with Gasteiger partial charge in [-0.05, 0) is 5.56 Å². The third-order valence-electron chi connectivity index (χ3n) is 3.92. The largest absolute Gasteiger partial charge is 0.378 e. The van der Waals surface area contributed by atoms with E-state index in [4.69, 9.17) is 4.74 Å². The summed E-state index contributed by atoms with van der Waals surface area (Å²) in [6.07, 6.45) is 1.87. The number of hydrogen-bond donors (Lipinski definition) is 0. The second-order valence-corrected chi connectivity index (χ2v) is 5.42. The molecule has 0 unspecified atom stereocenters. The summed E-state index contributed by atoms with van der Waals surface area (Å²) in [6, 6.07) is 20.7. The first kappa shape index (κ1) is 15.4. The van der Waals surface area contributed by atoms with E-state index in [1.54, 1.807) is 0 Å². The van der Waals surface area contributed by atoms with Crippen LogP contribution in [-0.2, 0) is 4.74 Å². The van der Waals surface area contributed by atoms with Crippen LogP contribution in [0.3, 0.4) is 0 Å². The van der Waals surface area contributed by atoms with Crippen LogP contribution in [-0.4, -0.2) is 31.2 Å². The number of allylic oxidation sites excluding steroid dienone is 2. The molecule has 2 aromatic rings. The topological polar surface area (TPSA) is 12.5 Å². The fourth-order valence-corrected chi connectivity index (χ4v) is 2.70. The second kappa shape index (κ2) is 7.64. The average Bonchev–Trinajstić information content (AvgIpc) is 2.65. The summed E-state index contributed by atoms with van der Waals surface area (Å²) >= 11 is 0. The van der Waals surface area contributed by atoms with E-state index in [0.717, 1.165) is 43.1 Å². The maximum Gasteiger partial charge on any atom is 0.0881 e. The molecule has 2 aromatic carbocycles. The Morgan fingerprint density at radius 1 is 0.913 bits per heavy atom. The maximum absolute atomic E-state index is 5.49. The molecule has 0 radical (unpaired) electrons. The Morgan fingerprint density at radius 2 is 1.48 bits per heavy atom. The summed E-state index contributed by atoms with van der Waals surface area (Å²) < 4.78 is 5.49. The van der Waals surface area contributed by atoms with Crippen molar-refractivity contribution in [1.29, 1.82) is 0 Å². The van der Waals surface area contributed by atoms with Crippen LogP contribution in [0.2, 0.25) is 0 Å². The van der Waals surface area contributed by atoms with E-state index >= 15 is 0 Å². The fourth-order valence-electron chi connectivity index (χ4n) is 2.70. The smallest absolute Gasteiger partial charge is 0.0881 e. The van der Waals surface area contributed by atoms with Crippen molar-refractivity contribution in [2.45, 2.75) is 0 Å². The average molecular weight is 303 g/mol.